The smallest absolute Gasteiger partial charge is 0.223 e. The molecule has 0 saturated carbocycles. The fourth-order valence-electron chi connectivity index (χ4n) is 2.94. The molecule has 1 aliphatic heterocycles. The lowest BCUT2D eigenvalue weighted by Gasteiger charge is -2.34. The van der Waals surface area contributed by atoms with E-state index in [1.54, 1.807) is 18.9 Å². The van der Waals surface area contributed by atoms with E-state index in [0.29, 0.717) is 18.4 Å². The van der Waals surface area contributed by atoms with E-state index in [9.17, 15) is 4.79 Å². The fourth-order valence-corrected chi connectivity index (χ4v) is 3.78. The van der Waals surface area contributed by atoms with Crippen molar-refractivity contribution in [3.05, 3.63) is 24.3 Å². The highest BCUT2D eigenvalue weighted by atomic mass is 35.5. The molecule has 0 spiro atoms. The number of carbonyl (C=O) groups excluding carboxylic acids is 1. The molecule has 6 heteroatoms. The van der Waals surface area contributed by atoms with Crippen LogP contribution in [0.25, 0.3) is 0 Å². The molecule has 0 bridgehead atoms. The second-order valence-corrected chi connectivity index (χ2v) is 7.01. The number of benzene rings is 1. The number of piperidine rings is 1. The van der Waals surface area contributed by atoms with Gasteiger partial charge in [0.2, 0.25) is 5.91 Å². The number of hydrogen-bond donors (Lipinski definition) is 1. The summed E-state index contributed by atoms with van der Waals surface area (Å²) in [5.41, 5.74) is 0. The second-order valence-electron chi connectivity index (χ2n) is 5.84. The highest BCUT2D eigenvalue weighted by Gasteiger charge is 2.24. The van der Waals surface area contributed by atoms with Gasteiger partial charge in [-0.1, -0.05) is 6.92 Å². The number of thioether (sulfide) groups is 1. The van der Waals surface area contributed by atoms with Crippen LogP contribution < -0.4 is 10.1 Å². The van der Waals surface area contributed by atoms with Gasteiger partial charge in [0.25, 0.3) is 0 Å². The van der Waals surface area contributed by atoms with Gasteiger partial charge in [0.1, 0.15) is 5.75 Å². The number of methoxy groups -OCH3 is 1. The molecule has 0 aliphatic carbocycles. The second kappa shape index (κ2) is 11.6. The van der Waals surface area contributed by atoms with Crippen LogP contribution >= 0.6 is 24.2 Å². The van der Waals surface area contributed by atoms with Gasteiger partial charge in [-0.25, -0.2) is 0 Å². The Morgan fingerprint density at radius 1 is 1.29 bits per heavy atom. The minimum Gasteiger partial charge on any atom is -0.497 e. The Bertz CT molecular complexity index is 478. The first kappa shape index (κ1) is 21.1. The van der Waals surface area contributed by atoms with Crippen molar-refractivity contribution < 1.29 is 9.53 Å². The largest absolute Gasteiger partial charge is 0.497 e. The maximum absolute atomic E-state index is 12.6. The van der Waals surface area contributed by atoms with E-state index in [2.05, 4.69) is 17.1 Å². The van der Waals surface area contributed by atoms with E-state index in [-0.39, 0.29) is 12.4 Å². The van der Waals surface area contributed by atoms with Gasteiger partial charge in [-0.2, -0.15) is 0 Å². The minimum atomic E-state index is 0. The van der Waals surface area contributed by atoms with Crippen LogP contribution in [0.5, 0.6) is 5.75 Å². The molecular weight excluding hydrogens is 344 g/mol. The summed E-state index contributed by atoms with van der Waals surface area (Å²) in [6.07, 6.45) is 3.80. The van der Waals surface area contributed by atoms with E-state index in [4.69, 9.17) is 4.74 Å². The number of carbonyl (C=O) groups is 1. The lowest BCUT2D eigenvalue weighted by atomic mass is 10.0. The van der Waals surface area contributed by atoms with Crippen molar-refractivity contribution in [2.75, 3.05) is 32.5 Å². The topological polar surface area (TPSA) is 41.6 Å². The Balaban J connectivity index is 0.00000288. The molecule has 1 heterocycles. The van der Waals surface area contributed by atoms with Gasteiger partial charge in [0, 0.05) is 29.7 Å². The molecule has 1 aromatic rings. The first-order chi connectivity index (χ1) is 11.2. The Kier molecular flexibility index (Phi) is 10.2. The number of hydrogen-bond acceptors (Lipinski definition) is 4. The van der Waals surface area contributed by atoms with Crippen molar-refractivity contribution in [1.29, 1.82) is 0 Å². The molecule has 2 rings (SSSR count). The van der Waals surface area contributed by atoms with E-state index in [1.807, 2.05) is 24.3 Å². The summed E-state index contributed by atoms with van der Waals surface area (Å²) < 4.78 is 5.16. The Morgan fingerprint density at radius 2 is 1.96 bits per heavy atom. The molecule has 24 heavy (non-hydrogen) atoms. The van der Waals surface area contributed by atoms with Crippen LogP contribution in [-0.2, 0) is 4.79 Å². The van der Waals surface area contributed by atoms with Gasteiger partial charge in [-0.3, -0.25) is 4.79 Å². The normalized spacial score (nSPS) is 14.8. The van der Waals surface area contributed by atoms with Gasteiger partial charge in [0.15, 0.2) is 0 Å². The predicted octanol–water partition coefficient (Wildman–Crippen LogP) is 3.59. The fraction of sp³-hybridized carbons (Fsp3) is 0.611. The summed E-state index contributed by atoms with van der Waals surface area (Å²) >= 11 is 1.73. The van der Waals surface area contributed by atoms with Crippen LogP contribution in [0, 0.1) is 0 Å². The highest BCUT2D eigenvalue weighted by molar-refractivity contribution is 7.99. The molecule has 0 unspecified atom stereocenters. The van der Waals surface area contributed by atoms with Crippen LogP contribution in [-0.4, -0.2) is 49.3 Å². The number of halogens is 1. The molecule has 1 N–H and O–H groups in total. The Hall–Kier alpha value is -0.910. The third-order valence-corrected chi connectivity index (χ3v) is 5.19. The molecule has 0 aromatic heterocycles. The van der Waals surface area contributed by atoms with Crippen LogP contribution in [0.1, 0.15) is 32.6 Å². The first-order valence-electron chi connectivity index (χ1n) is 8.51. The van der Waals surface area contributed by atoms with Crippen LogP contribution in [0.4, 0.5) is 0 Å². The summed E-state index contributed by atoms with van der Waals surface area (Å²) in [5, 5.41) is 3.37. The minimum absolute atomic E-state index is 0. The van der Waals surface area contributed by atoms with Crippen LogP contribution in [0.15, 0.2) is 29.2 Å². The number of nitrogens with zero attached hydrogens (tertiary/aromatic N) is 1. The van der Waals surface area contributed by atoms with Gasteiger partial charge in [-0.15, -0.1) is 24.2 Å². The molecule has 1 aromatic carbocycles. The predicted molar refractivity (Wildman–Crippen MR) is 103 cm³/mol. The zero-order valence-electron chi connectivity index (χ0n) is 14.6. The quantitative estimate of drug-likeness (QED) is 0.708. The number of ether oxygens (including phenoxy) is 1. The van der Waals surface area contributed by atoms with Gasteiger partial charge in [0.05, 0.1) is 7.11 Å². The molecule has 1 saturated heterocycles. The lowest BCUT2D eigenvalue weighted by Crippen LogP contribution is -2.46. The molecule has 1 aliphatic rings. The van der Waals surface area contributed by atoms with E-state index >= 15 is 0 Å². The molecule has 0 radical (unpaired) electrons. The third-order valence-electron chi connectivity index (χ3n) is 4.18. The Morgan fingerprint density at radius 3 is 2.54 bits per heavy atom. The number of amides is 1. The van der Waals surface area contributed by atoms with Crippen LogP contribution in [0.3, 0.4) is 0 Å². The SMILES string of the molecule is CCCN(C(=O)CCSc1ccc(OC)cc1)C1CCNCC1.Cl. The molecule has 0 atom stereocenters. The van der Waals surface area contributed by atoms with Crippen molar-refractivity contribution in [3.63, 3.8) is 0 Å². The van der Waals surface area contributed by atoms with Crippen molar-refractivity contribution in [3.8, 4) is 5.75 Å². The van der Waals surface area contributed by atoms with Crippen molar-refractivity contribution in [2.24, 2.45) is 0 Å². The maximum atomic E-state index is 12.6. The molecule has 4 nitrogen and oxygen atoms in total. The van der Waals surface area contributed by atoms with Crippen molar-refractivity contribution in [2.45, 2.75) is 43.5 Å². The standard InChI is InChI=1S/C18H28N2O2S.ClH/c1-3-13-20(15-8-11-19-12-9-15)18(21)10-14-23-17-6-4-16(22-2)5-7-17;/h4-7,15,19H,3,8-14H2,1-2H3;1H. The molecule has 1 fully saturated rings. The first-order valence-corrected chi connectivity index (χ1v) is 9.50. The maximum Gasteiger partial charge on any atom is 0.223 e. The molecular formula is C18H29ClN2O2S. The van der Waals surface area contributed by atoms with E-state index < -0.39 is 0 Å². The third kappa shape index (κ3) is 6.54. The van der Waals surface area contributed by atoms with Gasteiger partial charge < -0.3 is 15.0 Å². The monoisotopic (exact) mass is 372 g/mol. The van der Waals surface area contributed by atoms with Crippen molar-refractivity contribution in [1.82, 2.24) is 10.2 Å². The van der Waals surface area contributed by atoms with Gasteiger partial charge in [-0.05, 0) is 56.6 Å². The summed E-state index contributed by atoms with van der Waals surface area (Å²) in [6, 6.07) is 8.44. The van der Waals surface area contributed by atoms with Crippen LogP contribution in [0.2, 0.25) is 0 Å². The van der Waals surface area contributed by atoms with Crippen molar-refractivity contribution >= 4 is 30.1 Å². The number of rotatable bonds is 8. The number of nitrogens with one attached hydrogen (secondary N) is 1. The summed E-state index contributed by atoms with van der Waals surface area (Å²) in [6.45, 7) is 5.09. The molecule has 1 amide bonds. The van der Waals surface area contributed by atoms with Gasteiger partial charge >= 0.3 is 0 Å². The highest BCUT2D eigenvalue weighted by Crippen LogP contribution is 2.23. The zero-order valence-corrected chi connectivity index (χ0v) is 16.3. The molecule has 136 valence electrons. The summed E-state index contributed by atoms with van der Waals surface area (Å²) in [4.78, 5) is 15.9. The average molecular weight is 373 g/mol. The van der Waals surface area contributed by atoms with E-state index in [1.165, 1.54) is 4.90 Å². The summed E-state index contributed by atoms with van der Waals surface area (Å²) in [7, 11) is 1.67. The Labute approximate surface area is 156 Å². The summed E-state index contributed by atoms with van der Waals surface area (Å²) in [5.74, 6) is 2.00. The van der Waals surface area contributed by atoms with E-state index in [0.717, 1.165) is 50.4 Å². The zero-order chi connectivity index (χ0) is 16.5. The lowest BCUT2D eigenvalue weighted by molar-refractivity contribution is -0.133. The average Bonchev–Trinajstić information content (AvgIpc) is 2.61.